The van der Waals surface area contributed by atoms with Crippen molar-refractivity contribution in [3.05, 3.63) is 60.8 Å². The lowest BCUT2D eigenvalue weighted by Crippen LogP contribution is -2.19. The molecule has 0 amide bonds. The number of carbonyl (C=O) groups is 1. The number of alkyl halides is 1. The second-order valence-electron chi connectivity index (χ2n) is 6.03. The van der Waals surface area contributed by atoms with Gasteiger partial charge in [-0.1, -0.05) is 83.6 Å². The summed E-state index contributed by atoms with van der Waals surface area (Å²) in [5.74, 6) is -0.0711. The van der Waals surface area contributed by atoms with Gasteiger partial charge in [0.05, 0.1) is 4.83 Å². The largest absolute Gasteiger partial charge is 0.461 e. The molecule has 0 spiro atoms. The van der Waals surface area contributed by atoms with Crippen molar-refractivity contribution in [1.29, 1.82) is 0 Å². The zero-order chi connectivity index (χ0) is 18.2. The number of hydrogen-bond donors (Lipinski definition) is 0. The van der Waals surface area contributed by atoms with Crippen molar-refractivity contribution in [2.24, 2.45) is 0 Å². The molecule has 0 aromatic rings. The average molecular weight is 407 g/mol. The summed E-state index contributed by atoms with van der Waals surface area (Å²) in [6, 6.07) is 0. The Hall–Kier alpha value is -1.35. The molecule has 0 N–H and O–H groups in total. The van der Waals surface area contributed by atoms with Gasteiger partial charge in [-0.25, -0.2) is 0 Å². The van der Waals surface area contributed by atoms with E-state index in [0.29, 0.717) is 6.42 Å². The van der Waals surface area contributed by atoms with Crippen LogP contribution in [0.2, 0.25) is 0 Å². The Balaban J connectivity index is 2.01. The molecule has 0 bridgehead atoms. The van der Waals surface area contributed by atoms with Gasteiger partial charge in [0.25, 0.3) is 0 Å². The van der Waals surface area contributed by atoms with Crippen LogP contribution in [0.25, 0.3) is 0 Å². The molecule has 0 radical (unpaired) electrons. The van der Waals surface area contributed by atoms with E-state index in [1.165, 1.54) is 0 Å². The molecule has 25 heavy (non-hydrogen) atoms. The summed E-state index contributed by atoms with van der Waals surface area (Å²) in [5, 5.41) is 0. The standard InChI is InChI=1S/C22H31BrO2/c1-2-3-4-5-6-7-8-9-10-11-12-13-14-15-16-17-20(23)21-18-19-22(24)25-21/h3-4,6-7,9-10,12-13,15-16,20-21H,2,5,8,11,14,17-19H2,1H3/b4-3+,7-6+,10-9+,13-12+,16-15+. The summed E-state index contributed by atoms with van der Waals surface area (Å²) in [6.07, 6.45) is 29.3. The average Bonchev–Trinajstić information content (AvgIpc) is 3.04. The van der Waals surface area contributed by atoms with Crippen molar-refractivity contribution in [1.82, 2.24) is 0 Å². The number of rotatable bonds is 12. The van der Waals surface area contributed by atoms with E-state index in [9.17, 15) is 4.79 Å². The highest BCUT2D eigenvalue weighted by molar-refractivity contribution is 9.09. The van der Waals surface area contributed by atoms with Crippen LogP contribution in [-0.4, -0.2) is 16.9 Å². The topological polar surface area (TPSA) is 26.3 Å². The molecule has 2 unspecified atom stereocenters. The van der Waals surface area contributed by atoms with E-state index in [2.05, 4.69) is 83.6 Å². The number of halogens is 1. The van der Waals surface area contributed by atoms with Gasteiger partial charge in [0.1, 0.15) is 6.10 Å². The maximum absolute atomic E-state index is 11.1. The first-order valence-electron chi connectivity index (χ1n) is 9.32. The summed E-state index contributed by atoms with van der Waals surface area (Å²) in [6.45, 7) is 2.15. The molecule has 1 heterocycles. The van der Waals surface area contributed by atoms with E-state index in [4.69, 9.17) is 4.74 Å². The van der Waals surface area contributed by atoms with E-state index in [1.54, 1.807) is 0 Å². The fraction of sp³-hybridized carbons (Fsp3) is 0.500. The first-order chi connectivity index (χ1) is 12.2. The molecule has 1 aliphatic heterocycles. The van der Waals surface area contributed by atoms with E-state index in [-0.39, 0.29) is 16.9 Å². The van der Waals surface area contributed by atoms with Crippen molar-refractivity contribution in [3.63, 3.8) is 0 Å². The molecular formula is C22H31BrO2. The van der Waals surface area contributed by atoms with Crippen LogP contribution < -0.4 is 0 Å². The van der Waals surface area contributed by atoms with Crippen LogP contribution in [0.4, 0.5) is 0 Å². The minimum Gasteiger partial charge on any atom is -0.461 e. The zero-order valence-electron chi connectivity index (χ0n) is 15.3. The molecule has 3 heteroatoms. The second kappa shape index (κ2) is 14.9. The fourth-order valence-corrected chi connectivity index (χ4v) is 3.02. The lowest BCUT2D eigenvalue weighted by atomic mass is 10.1. The minimum absolute atomic E-state index is 0.0366. The third-order valence-electron chi connectivity index (χ3n) is 3.84. The monoisotopic (exact) mass is 406 g/mol. The number of ether oxygens (including phenoxy) is 1. The van der Waals surface area contributed by atoms with Gasteiger partial charge in [-0.05, 0) is 44.9 Å². The van der Waals surface area contributed by atoms with Crippen molar-refractivity contribution < 1.29 is 9.53 Å². The van der Waals surface area contributed by atoms with Gasteiger partial charge in [-0.15, -0.1) is 0 Å². The fourth-order valence-electron chi connectivity index (χ4n) is 2.43. The Bertz CT molecular complexity index is 500. The summed E-state index contributed by atoms with van der Waals surface area (Å²) in [5.41, 5.74) is 0. The molecule has 0 aromatic heterocycles. The number of cyclic esters (lactones) is 1. The molecule has 2 atom stereocenters. The molecule has 138 valence electrons. The van der Waals surface area contributed by atoms with Crippen LogP contribution in [0.15, 0.2) is 60.8 Å². The lowest BCUT2D eigenvalue weighted by Gasteiger charge is -2.14. The van der Waals surface area contributed by atoms with Crippen LogP contribution in [0.5, 0.6) is 0 Å². The Morgan fingerprint density at radius 3 is 1.84 bits per heavy atom. The zero-order valence-corrected chi connectivity index (χ0v) is 16.9. The third-order valence-corrected chi connectivity index (χ3v) is 4.80. The molecule has 0 saturated carbocycles. The van der Waals surface area contributed by atoms with Crippen molar-refractivity contribution in [2.75, 3.05) is 0 Å². The van der Waals surface area contributed by atoms with Crippen LogP contribution in [0, 0.1) is 0 Å². The third kappa shape index (κ3) is 11.8. The normalized spacial score (nSPS) is 20.1. The predicted octanol–water partition coefficient (Wildman–Crippen LogP) is 6.60. The van der Waals surface area contributed by atoms with Crippen molar-refractivity contribution in [3.8, 4) is 0 Å². The highest BCUT2D eigenvalue weighted by Crippen LogP contribution is 2.24. The molecule has 1 fully saturated rings. The molecule has 1 rings (SSSR count). The maximum atomic E-state index is 11.1. The van der Waals surface area contributed by atoms with E-state index in [0.717, 1.165) is 44.9 Å². The second-order valence-corrected chi connectivity index (χ2v) is 7.20. The molecule has 0 aromatic carbocycles. The smallest absolute Gasteiger partial charge is 0.306 e. The van der Waals surface area contributed by atoms with Gasteiger partial charge in [-0.2, -0.15) is 0 Å². The van der Waals surface area contributed by atoms with E-state index < -0.39 is 0 Å². The highest BCUT2D eigenvalue weighted by Gasteiger charge is 2.28. The summed E-state index contributed by atoms with van der Waals surface area (Å²) < 4.78 is 5.25. The van der Waals surface area contributed by atoms with E-state index >= 15 is 0 Å². The van der Waals surface area contributed by atoms with Gasteiger partial charge in [0.2, 0.25) is 0 Å². The Morgan fingerprint density at radius 2 is 1.40 bits per heavy atom. The van der Waals surface area contributed by atoms with Gasteiger partial charge in [0.15, 0.2) is 0 Å². The number of hydrogen-bond acceptors (Lipinski definition) is 2. The number of allylic oxidation sites excluding steroid dienone is 10. The van der Waals surface area contributed by atoms with Gasteiger partial charge in [-0.3, -0.25) is 4.79 Å². The SMILES string of the molecule is CC/C=C/C/C=C/C/C=C/C/C=C/C/C=C/CC(Br)C1CCC(=O)O1. The minimum atomic E-state index is -0.0711. The molecule has 0 aliphatic carbocycles. The van der Waals surface area contributed by atoms with E-state index in [1.807, 2.05) is 0 Å². The molecule has 2 nitrogen and oxygen atoms in total. The molecule has 1 saturated heterocycles. The molecular weight excluding hydrogens is 376 g/mol. The van der Waals surface area contributed by atoms with Crippen molar-refractivity contribution in [2.45, 2.75) is 69.2 Å². The summed E-state index contributed by atoms with van der Waals surface area (Å²) in [7, 11) is 0. The van der Waals surface area contributed by atoms with Crippen LogP contribution in [0.3, 0.4) is 0 Å². The maximum Gasteiger partial charge on any atom is 0.306 e. The van der Waals surface area contributed by atoms with Crippen LogP contribution in [0.1, 0.15) is 58.3 Å². The quantitative estimate of drug-likeness (QED) is 0.207. The Labute approximate surface area is 161 Å². The molecule has 1 aliphatic rings. The first-order valence-corrected chi connectivity index (χ1v) is 10.2. The van der Waals surface area contributed by atoms with Gasteiger partial charge >= 0.3 is 5.97 Å². The van der Waals surface area contributed by atoms with Crippen LogP contribution >= 0.6 is 15.9 Å². The van der Waals surface area contributed by atoms with Gasteiger partial charge in [0, 0.05) is 6.42 Å². The Kier molecular flexibility index (Phi) is 13.0. The summed E-state index contributed by atoms with van der Waals surface area (Å²) in [4.78, 5) is 11.3. The number of esters is 1. The van der Waals surface area contributed by atoms with Crippen molar-refractivity contribution >= 4 is 21.9 Å². The number of carbonyl (C=O) groups excluding carboxylic acids is 1. The van der Waals surface area contributed by atoms with Crippen LogP contribution in [-0.2, 0) is 9.53 Å². The Morgan fingerprint density at radius 1 is 0.920 bits per heavy atom. The highest BCUT2D eigenvalue weighted by atomic mass is 79.9. The summed E-state index contributed by atoms with van der Waals surface area (Å²) >= 11 is 3.61. The lowest BCUT2D eigenvalue weighted by molar-refractivity contribution is -0.141. The predicted molar refractivity (Wildman–Crippen MR) is 111 cm³/mol. The van der Waals surface area contributed by atoms with Gasteiger partial charge < -0.3 is 4.74 Å². The first kappa shape index (κ1) is 21.7.